The van der Waals surface area contributed by atoms with Crippen molar-refractivity contribution in [3.63, 3.8) is 0 Å². The number of rotatable bonds is 6. The second kappa shape index (κ2) is 7.92. The fraction of sp³-hybridized carbons (Fsp3) is 0.167. The number of anilines is 1. The maximum absolute atomic E-state index is 12.1. The fourth-order valence-corrected chi connectivity index (χ4v) is 3.06. The van der Waals surface area contributed by atoms with Gasteiger partial charge in [0, 0.05) is 17.5 Å². The van der Waals surface area contributed by atoms with Gasteiger partial charge in [-0.25, -0.2) is 13.2 Å². The van der Waals surface area contributed by atoms with Crippen molar-refractivity contribution >= 4 is 33.2 Å². The number of carbonyl (C=O) groups excluding carboxylic acids is 3. The van der Waals surface area contributed by atoms with Crippen molar-refractivity contribution in [3.05, 3.63) is 59.7 Å². The molecule has 2 aromatic carbocycles. The van der Waals surface area contributed by atoms with E-state index < -0.39 is 28.3 Å². The van der Waals surface area contributed by atoms with Gasteiger partial charge in [0.05, 0.1) is 10.5 Å². The second-order valence-corrected chi connectivity index (χ2v) is 7.51. The number of esters is 1. The summed E-state index contributed by atoms with van der Waals surface area (Å²) < 4.78 is 28.3. The first-order valence-electron chi connectivity index (χ1n) is 7.55. The molecule has 0 fully saturated rings. The number of amides is 1. The van der Waals surface area contributed by atoms with Crippen LogP contribution in [-0.2, 0) is 19.4 Å². The zero-order valence-corrected chi connectivity index (χ0v) is 15.0. The van der Waals surface area contributed by atoms with Crippen molar-refractivity contribution in [3.8, 4) is 0 Å². The number of carbonyl (C=O) groups is 3. The van der Waals surface area contributed by atoms with Crippen molar-refractivity contribution in [2.75, 3.05) is 18.2 Å². The number of ketones is 1. The molecule has 0 spiro atoms. The van der Waals surface area contributed by atoms with E-state index in [-0.39, 0.29) is 16.2 Å². The lowest BCUT2D eigenvalue weighted by Crippen LogP contribution is -2.22. The van der Waals surface area contributed by atoms with E-state index in [1.165, 1.54) is 37.3 Å². The molecule has 0 radical (unpaired) electrons. The average Bonchev–Trinajstić information content (AvgIpc) is 2.59. The van der Waals surface area contributed by atoms with Gasteiger partial charge < -0.3 is 10.1 Å². The minimum absolute atomic E-state index is 0.138. The summed E-state index contributed by atoms with van der Waals surface area (Å²) in [7, 11) is -3.61. The first-order chi connectivity index (χ1) is 12.2. The molecule has 1 N–H and O–H groups in total. The van der Waals surface area contributed by atoms with Gasteiger partial charge in [-0.05, 0) is 31.2 Å². The monoisotopic (exact) mass is 375 g/mol. The van der Waals surface area contributed by atoms with Gasteiger partial charge >= 0.3 is 5.97 Å². The molecular weight excluding hydrogens is 358 g/mol. The number of benzene rings is 2. The molecule has 0 heterocycles. The van der Waals surface area contributed by atoms with E-state index in [1.54, 1.807) is 18.2 Å². The number of hydrogen-bond donors (Lipinski definition) is 1. The van der Waals surface area contributed by atoms with Crippen LogP contribution in [0.1, 0.15) is 27.6 Å². The summed E-state index contributed by atoms with van der Waals surface area (Å²) in [5.41, 5.74) is 0.679. The molecule has 2 aromatic rings. The lowest BCUT2D eigenvalue weighted by atomic mass is 10.1. The number of Topliss-reactive ketones (excluding diaryl/α,β-unsaturated/α-hetero) is 1. The highest BCUT2D eigenvalue weighted by atomic mass is 32.2. The van der Waals surface area contributed by atoms with Crippen molar-refractivity contribution in [1.82, 2.24) is 0 Å². The molecule has 0 aliphatic rings. The zero-order chi connectivity index (χ0) is 19.3. The lowest BCUT2D eigenvalue weighted by molar-refractivity contribution is -0.119. The lowest BCUT2D eigenvalue weighted by Gasteiger charge is -2.09. The maximum Gasteiger partial charge on any atom is 0.339 e. The summed E-state index contributed by atoms with van der Waals surface area (Å²) in [6.45, 7) is 0.809. The highest BCUT2D eigenvalue weighted by molar-refractivity contribution is 7.90. The van der Waals surface area contributed by atoms with Crippen LogP contribution >= 0.6 is 0 Å². The molecule has 136 valence electrons. The van der Waals surface area contributed by atoms with Gasteiger partial charge in [0.1, 0.15) is 0 Å². The van der Waals surface area contributed by atoms with E-state index in [9.17, 15) is 22.8 Å². The molecule has 8 heteroatoms. The highest BCUT2D eigenvalue weighted by Gasteiger charge is 2.20. The fourth-order valence-electron chi connectivity index (χ4n) is 2.18. The summed E-state index contributed by atoms with van der Waals surface area (Å²) in [4.78, 5) is 35.2. The van der Waals surface area contributed by atoms with Crippen molar-refractivity contribution in [2.45, 2.75) is 11.8 Å². The van der Waals surface area contributed by atoms with Crippen LogP contribution in [0.25, 0.3) is 0 Å². The van der Waals surface area contributed by atoms with E-state index in [0.717, 1.165) is 6.26 Å². The third kappa shape index (κ3) is 5.00. The Labute approximate surface area is 150 Å². The number of hydrogen-bond acceptors (Lipinski definition) is 6. The van der Waals surface area contributed by atoms with Crippen molar-refractivity contribution in [2.24, 2.45) is 0 Å². The van der Waals surface area contributed by atoms with Crippen LogP contribution in [0, 0.1) is 0 Å². The van der Waals surface area contributed by atoms with Gasteiger partial charge in [-0.15, -0.1) is 0 Å². The molecule has 0 saturated carbocycles. The Morgan fingerprint density at radius 3 is 2.38 bits per heavy atom. The second-order valence-electron chi connectivity index (χ2n) is 5.53. The van der Waals surface area contributed by atoms with E-state index in [0.29, 0.717) is 11.3 Å². The Morgan fingerprint density at radius 2 is 1.73 bits per heavy atom. The van der Waals surface area contributed by atoms with Gasteiger partial charge in [0.2, 0.25) is 0 Å². The van der Waals surface area contributed by atoms with Crippen LogP contribution < -0.4 is 5.32 Å². The smallest absolute Gasteiger partial charge is 0.339 e. The minimum atomic E-state index is -3.61. The molecule has 7 nitrogen and oxygen atoms in total. The summed E-state index contributed by atoms with van der Waals surface area (Å²) in [5.74, 6) is -1.68. The summed E-state index contributed by atoms with van der Waals surface area (Å²) >= 11 is 0. The first-order valence-corrected chi connectivity index (χ1v) is 9.44. The first kappa shape index (κ1) is 19.3. The standard InChI is InChI=1S/C18H17NO6S/c1-12(20)13-6-5-7-14(10-13)19-17(21)11-25-18(22)15-8-3-4-9-16(15)26(2,23)24/h3-10H,11H2,1-2H3,(H,19,21). The number of sulfone groups is 1. The third-order valence-corrected chi connectivity index (χ3v) is 4.55. The topological polar surface area (TPSA) is 107 Å². The molecule has 0 atom stereocenters. The van der Waals surface area contributed by atoms with Crippen LogP contribution in [0.4, 0.5) is 5.69 Å². The van der Waals surface area contributed by atoms with Crippen molar-refractivity contribution in [1.29, 1.82) is 0 Å². The van der Waals surface area contributed by atoms with E-state index >= 15 is 0 Å². The molecule has 2 rings (SSSR count). The molecule has 0 aliphatic carbocycles. The molecule has 0 saturated heterocycles. The molecule has 0 aliphatic heterocycles. The van der Waals surface area contributed by atoms with Crippen molar-refractivity contribution < 1.29 is 27.5 Å². The summed E-state index contributed by atoms with van der Waals surface area (Å²) in [5, 5.41) is 2.50. The quantitative estimate of drug-likeness (QED) is 0.612. The Kier molecular flexibility index (Phi) is 5.89. The van der Waals surface area contributed by atoms with Crippen LogP contribution in [0.2, 0.25) is 0 Å². The molecule has 0 bridgehead atoms. The Hall–Kier alpha value is -3.00. The van der Waals surface area contributed by atoms with Crippen LogP contribution in [-0.4, -0.2) is 38.9 Å². The van der Waals surface area contributed by atoms with Gasteiger partial charge in [-0.3, -0.25) is 9.59 Å². The van der Waals surface area contributed by atoms with Gasteiger partial charge in [0.15, 0.2) is 22.2 Å². The maximum atomic E-state index is 12.1. The molecule has 26 heavy (non-hydrogen) atoms. The van der Waals surface area contributed by atoms with Crippen LogP contribution in [0.3, 0.4) is 0 Å². The molecule has 1 amide bonds. The normalized spacial score (nSPS) is 10.8. The minimum Gasteiger partial charge on any atom is -0.452 e. The van der Waals surface area contributed by atoms with Gasteiger partial charge in [0.25, 0.3) is 5.91 Å². The third-order valence-electron chi connectivity index (χ3n) is 3.39. The number of nitrogens with one attached hydrogen (secondary N) is 1. The average molecular weight is 375 g/mol. The number of ether oxygens (including phenoxy) is 1. The highest BCUT2D eigenvalue weighted by Crippen LogP contribution is 2.16. The largest absolute Gasteiger partial charge is 0.452 e. The van der Waals surface area contributed by atoms with Crippen LogP contribution in [0.5, 0.6) is 0 Å². The Bertz CT molecular complexity index is 965. The predicted octanol–water partition coefficient (Wildman–Crippen LogP) is 2.09. The Balaban J connectivity index is 2.03. The van der Waals surface area contributed by atoms with E-state index in [4.69, 9.17) is 4.74 Å². The SMILES string of the molecule is CC(=O)c1cccc(NC(=O)COC(=O)c2ccccc2S(C)(=O)=O)c1. The van der Waals surface area contributed by atoms with Gasteiger partial charge in [-0.1, -0.05) is 24.3 Å². The molecule has 0 unspecified atom stereocenters. The summed E-state index contributed by atoms with van der Waals surface area (Å²) in [6.07, 6.45) is 0.980. The molecule has 0 aromatic heterocycles. The van der Waals surface area contributed by atoms with E-state index in [2.05, 4.69) is 5.32 Å². The summed E-state index contributed by atoms with van der Waals surface area (Å²) in [6, 6.07) is 11.9. The van der Waals surface area contributed by atoms with E-state index in [1.807, 2.05) is 0 Å². The Morgan fingerprint density at radius 1 is 1.04 bits per heavy atom. The zero-order valence-electron chi connectivity index (χ0n) is 14.2. The van der Waals surface area contributed by atoms with Gasteiger partial charge in [-0.2, -0.15) is 0 Å². The predicted molar refractivity (Wildman–Crippen MR) is 94.9 cm³/mol. The molecular formula is C18H17NO6S. The van der Waals surface area contributed by atoms with Crippen LogP contribution in [0.15, 0.2) is 53.4 Å².